The topological polar surface area (TPSA) is 54.7 Å². The van der Waals surface area contributed by atoms with Crippen molar-refractivity contribution in [2.75, 3.05) is 27.2 Å². The molecular weight excluding hydrogens is 326 g/mol. The van der Waals surface area contributed by atoms with Gasteiger partial charge >= 0.3 is 0 Å². The maximum Gasteiger partial charge on any atom is 0.193 e. The molecule has 2 aromatic rings. The molecule has 26 heavy (non-hydrogen) atoms. The fourth-order valence-corrected chi connectivity index (χ4v) is 3.00. The van der Waals surface area contributed by atoms with Crippen LogP contribution in [0.15, 0.2) is 29.3 Å². The summed E-state index contributed by atoms with van der Waals surface area (Å²) in [4.78, 5) is 6.95. The third-order valence-corrected chi connectivity index (χ3v) is 4.56. The maximum absolute atomic E-state index is 5.22. The number of guanidine groups is 1. The van der Waals surface area contributed by atoms with Crippen molar-refractivity contribution in [3.63, 3.8) is 0 Å². The van der Waals surface area contributed by atoms with Crippen molar-refractivity contribution < 1.29 is 4.74 Å². The minimum absolute atomic E-state index is 0.739. The molecule has 0 amide bonds. The molecule has 0 spiro atoms. The van der Waals surface area contributed by atoms with E-state index in [1.54, 1.807) is 7.11 Å². The molecule has 0 bridgehead atoms. The number of aromatic nitrogens is 2. The van der Waals surface area contributed by atoms with E-state index in [4.69, 9.17) is 9.73 Å². The Morgan fingerprint density at radius 3 is 2.50 bits per heavy atom. The van der Waals surface area contributed by atoms with E-state index in [0.29, 0.717) is 0 Å². The van der Waals surface area contributed by atoms with Crippen molar-refractivity contribution in [1.29, 1.82) is 0 Å². The second kappa shape index (κ2) is 9.27. The van der Waals surface area contributed by atoms with Gasteiger partial charge in [0, 0.05) is 39.4 Å². The number of methoxy groups -OCH3 is 1. The molecular formula is C20H31N5O. The summed E-state index contributed by atoms with van der Waals surface area (Å²) in [6.07, 6.45) is 0.900. The molecule has 0 aliphatic rings. The van der Waals surface area contributed by atoms with E-state index < -0.39 is 0 Å². The number of hydrogen-bond acceptors (Lipinski definition) is 3. The quantitative estimate of drug-likeness (QED) is 0.611. The van der Waals surface area contributed by atoms with E-state index in [0.717, 1.165) is 43.5 Å². The van der Waals surface area contributed by atoms with Gasteiger partial charge in [-0.3, -0.25) is 9.67 Å². The first-order valence-electron chi connectivity index (χ1n) is 9.07. The highest BCUT2D eigenvalue weighted by atomic mass is 16.5. The molecule has 0 fully saturated rings. The standard InChI is InChI=1S/C20H31N5O/c1-7-21-20(22-13-12-19-15(2)23-25(5)16(19)3)24(4)14-17-8-10-18(26-6)11-9-17/h8-11H,7,12-14H2,1-6H3,(H,21,22). The zero-order valence-electron chi connectivity index (χ0n) is 16.8. The molecule has 0 unspecified atom stereocenters. The fraction of sp³-hybridized carbons (Fsp3) is 0.500. The molecule has 1 N–H and O–H groups in total. The third kappa shape index (κ3) is 5.00. The van der Waals surface area contributed by atoms with Gasteiger partial charge in [0.25, 0.3) is 0 Å². The second-order valence-corrected chi connectivity index (χ2v) is 6.46. The van der Waals surface area contributed by atoms with Crippen LogP contribution in [0.25, 0.3) is 0 Å². The highest BCUT2D eigenvalue weighted by Gasteiger charge is 2.10. The van der Waals surface area contributed by atoms with Gasteiger partial charge in [-0.2, -0.15) is 5.10 Å². The van der Waals surface area contributed by atoms with Gasteiger partial charge in [-0.15, -0.1) is 0 Å². The maximum atomic E-state index is 5.22. The Balaban J connectivity index is 2.02. The number of rotatable bonds is 7. The molecule has 0 atom stereocenters. The van der Waals surface area contributed by atoms with Gasteiger partial charge in [-0.05, 0) is 50.5 Å². The van der Waals surface area contributed by atoms with Gasteiger partial charge in [0.1, 0.15) is 5.75 Å². The van der Waals surface area contributed by atoms with Crippen LogP contribution in [0.3, 0.4) is 0 Å². The fourth-order valence-electron chi connectivity index (χ4n) is 3.00. The van der Waals surface area contributed by atoms with Crippen LogP contribution in [0.1, 0.15) is 29.4 Å². The lowest BCUT2D eigenvalue weighted by molar-refractivity contribution is 0.414. The van der Waals surface area contributed by atoms with Crippen LogP contribution in [0.5, 0.6) is 5.75 Å². The van der Waals surface area contributed by atoms with Gasteiger partial charge in [-0.1, -0.05) is 12.1 Å². The van der Waals surface area contributed by atoms with Crippen LogP contribution < -0.4 is 10.1 Å². The van der Waals surface area contributed by atoms with E-state index in [2.05, 4.69) is 55.3 Å². The van der Waals surface area contributed by atoms with Crippen molar-refractivity contribution in [3.05, 3.63) is 46.8 Å². The summed E-state index contributed by atoms with van der Waals surface area (Å²) in [6, 6.07) is 8.14. The van der Waals surface area contributed by atoms with Crippen LogP contribution in [0.4, 0.5) is 0 Å². The predicted octanol–water partition coefficient (Wildman–Crippen LogP) is 2.69. The van der Waals surface area contributed by atoms with Gasteiger partial charge < -0.3 is 15.0 Å². The Morgan fingerprint density at radius 1 is 1.27 bits per heavy atom. The summed E-state index contributed by atoms with van der Waals surface area (Å²) in [7, 11) is 5.73. The monoisotopic (exact) mass is 357 g/mol. The van der Waals surface area contributed by atoms with Crippen molar-refractivity contribution in [3.8, 4) is 5.75 Å². The molecule has 0 saturated heterocycles. The van der Waals surface area contributed by atoms with E-state index >= 15 is 0 Å². The third-order valence-electron chi connectivity index (χ3n) is 4.56. The number of aliphatic imine (C=N–C) groups is 1. The number of ether oxygens (including phenoxy) is 1. The molecule has 6 heteroatoms. The Labute approximate surface area is 156 Å². The Kier molecular flexibility index (Phi) is 7.06. The largest absolute Gasteiger partial charge is 0.497 e. The Morgan fingerprint density at radius 2 is 1.96 bits per heavy atom. The van der Waals surface area contributed by atoms with Gasteiger partial charge in [0.05, 0.1) is 12.8 Å². The highest BCUT2D eigenvalue weighted by molar-refractivity contribution is 5.79. The van der Waals surface area contributed by atoms with Crippen molar-refractivity contribution in [1.82, 2.24) is 20.0 Å². The number of nitrogens with one attached hydrogen (secondary N) is 1. The molecule has 0 radical (unpaired) electrons. The van der Waals surface area contributed by atoms with Gasteiger partial charge in [-0.25, -0.2) is 0 Å². The lowest BCUT2D eigenvalue weighted by Crippen LogP contribution is -2.38. The first-order chi connectivity index (χ1) is 12.5. The summed E-state index contributed by atoms with van der Waals surface area (Å²) in [5, 5.41) is 7.86. The molecule has 0 aliphatic carbocycles. The molecule has 142 valence electrons. The van der Waals surface area contributed by atoms with Crippen LogP contribution in [0, 0.1) is 13.8 Å². The zero-order chi connectivity index (χ0) is 19.1. The minimum Gasteiger partial charge on any atom is -0.497 e. The highest BCUT2D eigenvalue weighted by Crippen LogP contribution is 2.14. The average Bonchev–Trinajstić information content (AvgIpc) is 2.87. The first-order valence-corrected chi connectivity index (χ1v) is 9.07. The van der Waals surface area contributed by atoms with Gasteiger partial charge in [0.2, 0.25) is 0 Å². The number of hydrogen-bond donors (Lipinski definition) is 1. The average molecular weight is 358 g/mol. The molecule has 0 saturated carbocycles. The van der Waals surface area contributed by atoms with Crippen molar-refractivity contribution in [2.24, 2.45) is 12.0 Å². The van der Waals surface area contributed by atoms with E-state index in [1.807, 2.05) is 23.9 Å². The normalized spacial score (nSPS) is 11.5. The van der Waals surface area contributed by atoms with Gasteiger partial charge in [0.15, 0.2) is 5.96 Å². The van der Waals surface area contributed by atoms with Crippen molar-refractivity contribution >= 4 is 5.96 Å². The predicted molar refractivity (Wildman–Crippen MR) is 107 cm³/mol. The summed E-state index contributed by atoms with van der Waals surface area (Å²) in [6.45, 7) is 8.64. The van der Waals surface area contributed by atoms with Crippen LogP contribution in [-0.2, 0) is 20.0 Å². The Hall–Kier alpha value is -2.50. The summed E-state index contributed by atoms with van der Waals surface area (Å²) >= 11 is 0. The summed E-state index contributed by atoms with van der Waals surface area (Å²) < 4.78 is 7.16. The van der Waals surface area contributed by atoms with E-state index in [9.17, 15) is 0 Å². The zero-order valence-corrected chi connectivity index (χ0v) is 16.8. The molecule has 1 aromatic heterocycles. The van der Waals surface area contributed by atoms with E-state index in [1.165, 1.54) is 16.8 Å². The van der Waals surface area contributed by atoms with Crippen molar-refractivity contribution in [2.45, 2.75) is 33.7 Å². The lowest BCUT2D eigenvalue weighted by Gasteiger charge is -2.22. The van der Waals surface area contributed by atoms with Crippen LogP contribution in [0.2, 0.25) is 0 Å². The van der Waals surface area contributed by atoms with E-state index in [-0.39, 0.29) is 0 Å². The summed E-state index contributed by atoms with van der Waals surface area (Å²) in [5.74, 6) is 1.79. The first kappa shape index (κ1) is 19.8. The molecule has 0 aliphatic heterocycles. The SMILES string of the molecule is CCNC(=NCCc1c(C)nn(C)c1C)N(C)Cc1ccc(OC)cc1. The van der Waals surface area contributed by atoms with Crippen LogP contribution >= 0.6 is 0 Å². The number of aryl methyl sites for hydroxylation is 2. The molecule has 1 heterocycles. The molecule has 1 aromatic carbocycles. The molecule has 6 nitrogen and oxygen atoms in total. The minimum atomic E-state index is 0.739. The number of nitrogens with zero attached hydrogens (tertiary/aromatic N) is 4. The van der Waals surface area contributed by atoms with Crippen LogP contribution in [-0.4, -0.2) is 47.9 Å². The second-order valence-electron chi connectivity index (χ2n) is 6.46. The Bertz CT molecular complexity index is 733. The molecule has 2 rings (SSSR count). The number of benzene rings is 1. The lowest BCUT2D eigenvalue weighted by atomic mass is 10.1. The summed E-state index contributed by atoms with van der Waals surface area (Å²) in [5.41, 5.74) is 4.83. The smallest absolute Gasteiger partial charge is 0.193 e.